The van der Waals surface area contributed by atoms with E-state index in [4.69, 9.17) is 15.3 Å². The van der Waals surface area contributed by atoms with E-state index < -0.39 is 5.54 Å². The van der Waals surface area contributed by atoms with Crippen molar-refractivity contribution in [1.29, 1.82) is 0 Å². The molecule has 0 saturated heterocycles. The molecule has 2 atom stereocenters. The number of rotatable bonds is 8. The zero-order chi connectivity index (χ0) is 19.1. The van der Waals surface area contributed by atoms with E-state index in [0.29, 0.717) is 19.1 Å². The molecule has 0 bridgehead atoms. The van der Waals surface area contributed by atoms with Crippen molar-refractivity contribution in [2.75, 3.05) is 19.8 Å². The van der Waals surface area contributed by atoms with Crippen LogP contribution in [0.25, 0.3) is 0 Å². The lowest BCUT2D eigenvalue weighted by Gasteiger charge is -2.20. The maximum Gasteiger partial charge on any atom is 0.151 e. The van der Waals surface area contributed by atoms with E-state index in [1.807, 2.05) is 37.3 Å². The van der Waals surface area contributed by atoms with Crippen LogP contribution < -0.4 is 10.5 Å². The molecule has 0 radical (unpaired) electrons. The normalized spacial score (nSPS) is 22.6. The second kappa shape index (κ2) is 9.02. The highest BCUT2D eigenvalue weighted by Crippen LogP contribution is 2.39. The standard InChI is InChI=1S/C22H28N2O3/c1-17(24-27-14-13-26-21-5-3-2-4-6-21)18-7-9-19(10-8-18)20-11-12-22(23,15-20)16-25/h2-10,20,25H,11-16,23H2,1H3/b24-17+/t20-,22-/m1/s1. The van der Waals surface area contributed by atoms with Gasteiger partial charge in [0.25, 0.3) is 0 Å². The molecule has 0 amide bonds. The molecule has 0 aromatic heterocycles. The Kier molecular flexibility index (Phi) is 6.48. The van der Waals surface area contributed by atoms with Gasteiger partial charge in [0, 0.05) is 5.54 Å². The van der Waals surface area contributed by atoms with E-state index in [1.54, 1.807) is 0 Å². The first-order valence-corrected chi connectivity index (χ1v) is 9.44. The number of para-hydroxylation sites is 1. The minimum Gasteiger partial charge on any atom is -0.490 e. The highest BCUT2D eigenvalue weighted by molar-refractivity contribution is 5.98. The minimum atomic E-state index is -0.420. The smallest absolute Gasteiger partial charge is 0.151 e. The van der Waals surface area contributed by atoms with Gasteiger partial charge in [-0.15, -0.1) is 0 Å². The highest BCUT2D eigenvalue weighted by atomic mass is 16.6. The van der Waals surface area contributed by atoms with Crippen molar-refractivity contribution in [3.05, 3.63) is 65.7 Å². The monoisotopic (exact) mass is 368 g/mol. The molecule has 2 aromatic carbocycles. The van der Waals surface area contributed by atoms with Crippen LogP contribution in [0, 0.1) is 0 Å². The maximum atomic E-state index is 9.43. The van der Waals surface area contributed by atoms with Crippen LogP contribution in [0.2, 0.25) is 0 Å². The largest absolute Gasteiger partial charge is 0.490 e. The van der Waals surface area contributed by atoms with Gasteiger partial charge in [-0.2, -0.15) is 0 Å². The number of ether oxygens (including phenoxy) is 1. The fourth-order valence-corrected chi connectivity index (χ4v) is 3.49. The minimum absolute atomic E-state index is 0.0542. The highest BCUT2D eigenvalue weighted by Gasteiger charge is 2.35. The van der Waals surface area contributed by atoms with E-state index in [-0.39, 0.29) is 6.61 Å². The Morgan fingerprint density at radius 2 is 1.89 bits per heavy atom. The van der Waals surface area contributed by atoms with Gasteiger partial charge in [0.05, 0.1) is 12.3 Å². The molecule has 0 spiro atoms. The number of benzene rings is 2. The fraction of sp³-hybridized carbons (Fsp3) is 0.409. The van der Waals surface area contributed by atoms with E-state index in [0.717, 1.165) is 36.3 Å². The SMILES string of the molecule is C/C(=N\OCCOc1ccccc1)c1ccc([C@@H]2CC[C@](N)(CO)C2)cc1. The summed E-state index contributed by atoms with van der Waals surface area (Å²) in [5.74, 6) is 1.24. The number of nitrogens with zero attached hydrogens (tertiary/aromatic N) is 1. The van der Waals surface area contributed by atoms with Crippen molar-refractivity contribution in [2.45, 2.75) is 37.6 Å². The molecule has 5 heteroatoms. The molecule has 1 aliphatic carbocycles. The summed E-state index contributed by atoms with van der Waals surface area (Å²) >= 11 is 0. The predicted molar refractivity (Wildman–Crippen MR) is 107 cm³/mol. The third-order valence-electron chi connectivity index (χ3n) is 5.15. The Balaban J connectivity index is 1.47. The molecule has 3 N–H and O–H groups in total. The summed E-state index contributed by atoms with van der Waals surface area (Å²) in [6, 6.07) is 18.0. The summed E-state index contributed by atoms with van der Waals surface area (Å²) in [5.41, 5.74) is 8.89. The Bertz CT molecular complexity index is 746. The predicted octanol–water partition coefficient (Wildman–Crippen LogP) is 3.46. The van der Waals surface area contributed by atoms with Crippen molar-refractivity contribution in [3.63, 3.8) is 0 Å². The van der Waals surface area contributed by atoms with Crippen molar-refractivity contribution < 1.29 is 14.7 Å². The van der Waals surface area contributed by atoms with E-state index in [1.165, 1.54) is 5.56 Å². The topological polar surface area (TPSA) is 77.1 Å². The summed E-state index contributed by atoms with van der Waals surface area (Å²) in [7, 11) is 0. The van der Waals surface area contributed by atoms with Gasteiger partial charge in [-0.25, -0.2) is 0 Å². The molecule has 144 valence electrons. The maximum absolute atomic E-state index is 9.43. The van der Waals surface area contributed by atoms with Crippen molar-refractivity contribution >= 4 is 5.71 Å². The zero-order valence-electron chi connectivity index (χ0n) is 15.8. The molecule has 2 aromatic rings. The number of aliphatic hydroxyl groups is 1. The van der Waals surface area contributed by atoms with Crippen LogP contribution in [0.1, 0.15) is 43.2 Å². The van der Waals surface area contributed by atoms with E-state index in [9.17, 15) is 5.11 Å². The lowest BCUT2D eigenvalue weighted by molar-refractivity contribution is 0.107. The van der Waals surface area contributed by atoms with Crippen LogP contribution in [-0.2, 0) is 4.84 Å². The number of aliphatic hydroxyl groups excluding tert-OH is 1. The molecule has 1 fully saturated rings. The van der Waals surface area contributed by atoms with Crippen LogP contribution >= 0.6 is 0 Å². The lowest BCUT2D eigenvalue weighted by Crippen LogP contribution is -2.40. The van der Waals surface area contributed by atoms with Gasteiger partial charge >= 0.3 is 0 Å². The van der Waals surface area contributed by atoms with Crippen LogP contribution in [-0.4, -0.2) is 36.2 Å². The second-order valence-corrected chi connectivity index (χ2v) is 7.25. The second-order valence-electron chi connectivity index (χ2n) is 7.25. The molecule has 1 saturated carbocycles. The molecule has 1 aliphatic rings. The number of nitrogens with two attached hydrogens (primary N) is 1. The first kappa shape index (κ1) is 19.4. The number of hydrogen-bond acceptors (Lipinski definition) is 5. The zero-order valence-corrected chi connectivity index (χ0v) is 15.8. The molecule has 27 heavy (non-hydrogen) atoms. The Labute approximate surface area is 160 Å². The summed E-state index contributed by atoms with van der Waals surface area (Å²) < 4.78 is 5.57. The third kappa shape index (κ3) is 5.31. The Morgan fingerprint density at radius 3 is 2.56 bits per heavy atom. The molecule has 0 aliphatic heterocycles. The Morgan fingerprint density at radius 1 is 1.15 bits per heavy atom. The van der Waals surface area contributed by atoms with Crippen LogP contribution in [0.3, 0.4) is 0 Å². The first-order chi connectivity index (χ1) is 13.1. The summed E-state index contributed by atoms with van der Waals surface area (Å²) in [6.07, 6.45) is 2.73. The van der Waals surface area contributed by atoms with Gasteiger partial charge in [-0.1, -0.05) is 47.6 Å². The van der Waals surface area contributed by atoms with Crippen LogP contribution in [0.5, 0.6) is 5.75 Å². The van der Waals surface area contributed by atoms with E-state index in [2.05, 4.69) is 29.4 Å². The van der Waals surface area contributed by atoms with Gasteiger partial charge in [-0.3, -0.25) is 0 Å². The van der Waals surface area contributed by atoms with Crippen LogP contribution in [0.4, 0.5) is 0 Å². The van der Waals surface area contributed by atoms with Gasteiger partial charge in [-0.05, 0) is 55.4 Å². The van der Waals surface area contributed by atoms with Crippen molar-refractivity contribution in [1.82, 2.24) is 0 Å². The lowest BCUT2D eigenvalue weighted by atomic mass is 9.93. The van der Waals surface area contributed by atoms with Gasteiger partial charge in [0.1, 0.15) is 12.4 Å². The van der Waals surface area contributed by atoms with Crippen molar-refractivity contribution in [3.8, 4) is 5.75 Å². The number of oxime groups is 1. The first-order valence-electron chi connectivity index (χ1n) is 9.44. The molecule has 3 rings (SSSR count). The molecule has 0 unspecified atom stereocenters. The fourth-order valence-electron chi connectivity index (χ4n) is 3.49. The average molecular weight is 368 g/mol. The summed E-state index contributed by atoms with van der Waals surface area (Å²) in [4.78, 5) is 5.36. The summed E-state index contributed by atoms with van der Waals surface area (Å²) in [5, 5.41) is 13.6. The van der Waals surface area contributed by atoms with Gasteiger partial charge in [0.2, 0.25) is 0 Å². The molecular formula is C22H28N2O3. The third-order valence-corrected chi connectivity index (χ3v) is 5.15. The molecular weight excluding hydrogens is 340 g/mol. The van der Waals surface area contributed by atoms with Gasteiger partial charge < -0.3 is 20.4 Å². The molecule has 5 nitrogen and oxygen atoms in total. The molecule has 0 heterocycles. The summed E-state index contributed by atoms with van der Waals surface area (Å²) in [6.45, 7) is 2.83. The Hall–Kier alpha value is -2.37. The quantitative estimate of drug-likeness (QED) is 0.425. The van der Waals surface area contributed by atoms with Crippen LogP contribution in [0.15, 0.2) is 59.8 Å². The van der Waals surface area contributed by atoms with Gasteiger partial charge in [0.15, 0.2) is 6.61 Å². The number of hydrogen-bond donors (Lipinski definition) is 2. The van der Waals surface area contributed by atoms with Crippen molar-refractivity contribution in [2.24, 2.45) is 10.9 Å². The average Bonchev–Trinajstić information content (AvgIpc) is 3.11. The van der Waals surface area contributed by atoms with E-state index >= 15 is 0 Å².